The predicted molar refractivity (Wildman–Crippen MR) is 71.1 cm³/mol. The standard InChI is InChI=1S/C13H11ClF2N2O2/c14-8-5-10(13(20)17-6-11(19)12(15)16)18-9-4-2-1-3-7(8)9/h1-5,11-12,19H,6H2,(H,17,20). The van der Waals surface area contributed by atoms with E-state index in [4.69, 9.17) is 16.7 Å². The van der Waals surface area contributed by atoms with Gasteiger partial charge in [-0.2, -0.15) is 0 Å². The smallest absolute Gasteiger partial charge is 0.270 e. The average Bonchev–Trinajstić information content (AvgIpc) is 2.44. The number of carbonyl (C=O) groups is 1. The van der Waals surface area contributed by atoms with Crippen LogP contribution in [0.25, 0.3) is 10.9 Å². The molecule has 1 aromatic carbocycles. The van der Waals surface area contributed by atoms with Gasteiger partial charge in [0.2, 0.25) is 0 Å². The molecule has 2 rings (SSSR count). The molecule has 106 valence electrons. The number of nitrogens with zero attached hydrogens (tertiary/aromatic N) is 1. The van der Waals surface area contributed by atoms with Crippen molar-refractivity contribution in [2.75, 3.05) is 6.54 Å². The summed E-state index contributed by atoms with van der Waals surface area (Å²) in [6, 6.07) is 8.33. The number of fused-ring (bicyclic) bond motifs is 1. The van der Waals surface area contributed by atoms with Crippen LogP contribution in [-0.2, 0) is 0 Å². The molecule has 20 heavy (non-hydrogen) atoms. The minimum atomic E-state index is -2.91. The third kappa shape index (κ3) is 3.20. The molecule has 1 amide bonds. The van der Waals surface area contributed by atoms with Gasteiger partial charge in [0.1, 0.15) is 11.8 Å². The van der Waals surface area contributed by atoms with Crippen LogP contribution in [0.5, 0.6) is 0 Å². The molecular weight excluding hydrogens is 290 g/mol. The van der Waals surface area contributed by atoms with Gasteiger partial charge in [-0.15, -0.1) is 0 Å². The number of aromatic nitrogens is 1. The summed E-state index contributed by atoms with van der Waals surface area (Å²) in [5, 5.41) is 12.2. The Morgan fingerprint density at radius 1 is 1.40 bits per heavy atom. The Hall–Kier alpha value is -1.79. The summed E-state index contributed by atoms with van der Waals surface area (Å²) in [4.78, 5) is 15.9. The second-order valence-corrected chi connectivity index (χ2v) is 4.53. The summed E-state index contributed by atoms with van der Waals surface area (Å²) in [7, 11) is 0. The lowest BCUT2D eigenvalue weighted by Gasteiger charge is -2.11. The van der Waals surface area contributed by atoms with E-state index in [2.05, 4.69) is 10.3 Å². The molecule has 0 aliphatic heterocycles. The summed E-state index contributed by atoms with van der Waals surface area (Å²) in [6.07, 6.45) is -4.82. The summed E-state index contributed by atoms with van der Waals surface area (Å²) < 4.78 is 24.2. The maximum absolute atomic E-state index is 12.1. The van der Waals surface area contributed by atoms with Crippen molar-refractivity contribution in [3.63, 3.8) is 0 Å². The molecule has 0 aliphatic rings. The summed E-state index contributed by atoms with van der Waals surface area (Å²) in [5.41, 5.74) is 0.537. The predicted octanol–water partition coefficient (Wildman–Crippen LogP) is 2.24. The number of alkyl halides is 2. The molecule has 0 fully saturated rings. The molecule has 0 spiro atoms. The number of aliphatic hydroxyl groups is 1. The minimum Gasteiger partial charge on any atom is -0.385 e. The van der Waals surface area contributed by atoms with Crippen LogP contribution in [0.15, 0.2) is 30.3 Å². The summed E-state index contributed by atoms with van der Waals surface area (Å²) >= 11 is 6.03. The van der Waals surface area contributed by atoms with Gasteiger partial charge in [-0.25, -0.2) is 13.8 Å². The van der Waals surface area contributed by atoms with Crippen LogP contribution in [0.1, 0.15) is 10.5 Å². The number of benzene rings is 1. The molecule has 0 bridgehead atoms. The number of amides is 1. The Morgan fingerprint density at radius 3 is 2.80 bits per heavy atom. The highest BCUT2D eigenvalue weighted by atomic mass is 35.5. The highest BCUT2D eigenvalue weighted by Gasteiger charge is 2.18. The van der Waals surface area contributed by atoms with Crippen LogP contribution in [-0.4, -0.2) is 35.1 Å². The third-order valence-electron chi connectivity index (χ3n) is 2.66. The van der Waals surface area contributed by atoms with Gasteiger partial charge in [0.05, 0.1) is 10.5 Å². The number of para-hydroxylation sites is 1. The molecule has 1 heterocycles. The fourth-order valence-electron chi connectivity index (χ4n) is 1.63. The monoisotopic (exact) mass is 300 g/mol. The van der Waals surface area contributed by atoms with Crippen molar-refractivity contribution < 1.29 is 18.7 Å². The molecule has 7 heteroatoms. The molecule has 4 nitrogen and oxygen atoms in total. The first-order valence-electron chi connectivity index (χ1n) is 5.78. The second kappa shape index (κ2) is 6.11. The fourth-order valence-corrected chi connectivity index (χ4v) is 1.89. The SMILES string of the molecule is O=C(NCC(O)C(F)F)c1cc(Cl)c2ccccc2n1. The molecule has 1 unspecified atom stereocenters. The van der Waals surface area contributed by atoms with E-state index in [1.54, 1.807) is 24.3 Å². The maximum atomic E-state index is 12.1. The van der Waals surface area contributed by atoms with E-state index in [1.807, 2.05) is 0 Å². The molecule has 1 aromatic heterocycles. The molecule has 1 atom stereocenters. The Morgan fingerprint density at radius 2 is 2.10 bits per heavy atom. The first-order valence-corrected chi connectivity index (χ1v) is 6.16. The lowest BCUT2D eigenvalue weighted by molar-refractivity contribution is -0.00272. The zero-order valence-electron chi connectivity index (χ0n) is 10.2. The van der Waals surface area contributed by atoms with Crippen LogP contribution < -0.4 is 5.32 Å². The number of hydrogen-bond donors (Lipinski definition) is 2. The normalized spacial score (nSPS) is 12.7. The van der Waals surface area contributed by atoms with Crippen molar-refractivity contribution >= 4 is 28.4 Å². The average molecular weight is 301 g/mol. The van der Waals surface area contributed by atoms with Crippen LogP contribution in [0.2, 0.25) is 5.02 Å². The lowest BCUT2D eigenvalue weighted by Crippen LogP contribution is -2.36. The Bertz CT molecular complexity index is 637. The zero-order chi connectivity index (χ0) is 14.7. The van der Waals surface area contributed by atoms with E-state index in [0.29, 0.717) is 15.9 Å². The van der Waals surface area contributed by atoms with Crippen LogP contribution in [0.4, 0.5) is 8.78 Å². The van der Waals surface area contributed by atoms with E-state index < -0.39 is 25.0 Å². The largest absolute Gasteiger partial charge is 0.385 e. The van der Waals surface area contributed by atoms with Gasteiger partial charge in [0.25, 0.3) is 12.3 Å². The Kier molecular flexibility index (Phi) is 4.46. The molecule has 2 N–H and O–H groups in total. The quantitative estimate of drug-likeness (QED) is 0.910. The van der Waals surface area contributed by atoms with E-state index in [0.717, 1.165) is 0 Å². The number of aliphatic hydroxyl groups excluding tert-OH is 1. The maximum Gasteiger partial charge on any atom is 0.270 e. The van der Waals surface area contributed by atoms with Crippen LogP contribution >= 0.6 is 11.6 Å². The van der Waals surface area contributed by atoms with Crippen molar-refractivity contribution in [2.24, 2.45) is 0 Å². The molecule has 2 aromatic rings. The van der Waals surface area contributed by atoms with Gasteiger partial charge >= 0.3 is 0 Å². The van der Waals surface area contributed by atoms with Gasteiger partial charge in [-0.3, -0.25) is 4.79 Å². The van der Waals surface area contributed by atoms with Crippen molar-refractivity contribution in [3.8, 4) is 0 Å². The number of pyridine rings is 1. The molecule has 0 radical (unpaired) electrons. The van der Waals surface area contributed by atoms with Gasteiger partial charge in [-0.1, -0.05) is 29.8 Å². The number of carbonyl (C=O) groups excluding carboxylic acids is 1. The zero-order valence-corrected chi connectivity index (χ0v) is 10.9. The number of nitrogens with one attached hydrogen (secondary N) is 1. The van der Waals surface area contributed by atoms with Crippen molar-refractivity contribution in [1.29, 1.82) is 0 Å². The number of halogens is 3. The lowest BCUT2D eigenvalue weighted by atomic mass is 10.2. The van der Waals surface area contributed by atoms with Crippen LogP contribution in [0.3, 0.4) is 0 Å². The molecule has 0 saturated heterocycles. The van der Waals surface area contributed by atoms with E-state index in [9.17, 15) is 13.6 Å². The van der Waals surface area contributed by atoms with Crippen molar-refractivity contribution in [1.82, 2.24) is 10.3 Å². The van der Waals surface area contributed by atoms with Crippen molar-refractivity contribution in [2.45, 2.75) is 12.5 Å². The molecule has 0 saturated carbocycles. The van der Waals surface area contributed by atoms with Crippen LogP contribution in [0, 0.1) is 0 Å². The second-order valence-electron chi connectivity index (χ2n) is 4.12. The first-order chi connectivity index (χ1) is 9.49. The van der Waals surface area contributed by atoms with E-state index in [1.165, 1.54) is 6.07 Å². The number of hydrogen-bond acceptors (Lipinski definition) is 3. The van der Waals surface area contributed by atoms with Gasteiger partial charge < -0.3 is 10.4 Å². The van der Waals surface area contributed by atoms with Gasteiger partial charge in [-0.05, 0) is 12.1 Å². The number of rotatable bonds is 4. The van der Waals surface area contributed by atoms with Gasteiger partial charge in [0.15, 0.2) is 0 Å². The highest BCUT2D eigenvalue weighted by molar-refractivity contribution is 6.35. The van der Waals surface area contributed by atoms with Crippen molar-refractivity contribution in [3.05, 3.63) is 41.0 Å². The summed E-state index contributed by atoms with van der Waals surface area (Å²) in [5.74, 6) is -0.669. The summed E-state index contributed by atoms with van der Waals surface area (Å²) in [6.45, 7) is -0.553. The van der Waals surface area contributed by atoms with E-state index >= 15 is 0 Å². The Balaban J connectivity index is 2.18. The first kappa shape index (κ1) is 14.6. The van der Waals surface area contributed by atoms with Gasteiger partial charge in [0, 0.05) is 11.9 Å². The molecule has 0 aliphatic carbocycles. The third-order valence-corrected chi connectivity index (χ3v) is 2.97. The minimum absolute atomic E-state index is 0.00941. The fraction of sp³-hybridized carbons (Fsp3) is 0.231. The topological polar surface area (TPSA) is 62.2 Å². The Labute approximate surface area is 118 Å². The highest BCUT2D eigenvalue weighted by Crippen LogP contribution is 2.22. The molecular formula is C13H11ClF2N2O2. The van der Waals surface area contributed by atoms with E-state index in [-0.39, 0.29) is 5.69 Å².